The van der Waals surface area contributed by atoms with Crippen LogP contribution in [0, 0.1) is 11.7 Å². The first-order chi connectivity index (χ1) is 12.2. The second-order valence-electron chi connectivity index (χ2n) is 6.09. The number of benzene rings is 1. The first-order valence-electron chi connectivity index (χ1n) is 8.73. The molecule has 0 bridgehead atoms. The topological polar surface area (TPSA) is 54.9 Å². The number of rotatable bonds is 8. The average Bonchev–Trinajstić information content (AvgIpc) is 2.64. The van der Waals surface area contributed by atoms with Crippen LogP contribution in [0.3, 0.4) is 0 Å². The van der Waals surface area contributed by atoms with Gasteiger partial charge in [0.05, 0.1) is 4.47 Å². The molecule has 1 heterocycles. The van der Waals surface area contributed by atoms with Crippen LogP contribution in [-0.2, 0) is 16.0 Å². The van der Waals surface area contributed by atoms with Gasteiger partial charge in [-0.15, -0.1) is 24.0 Å². The highest BCUT2D eigenvalue weighted by molar-refractivity contribution is 14.0. The van der Waals surface area contributed by atoms with E-state index in [4.69, 9.17) is 9.47 Å². The van der Waals surface area contributed by atoms with E-state index in [0.717, 1.165) is 57.8 Å². The molecule has 148 valence electrons. The van der Waals surface area contributed by atoms with Crippen molar-refractivity contribution in [1.82, 2.24) is 10.6 Å². The van der Waals surface area contributed by atoms with E-state index in [0.29, 0.717) is 22.9 Å². The number of nitrogens with one attached hydrogen (secondary N) is 2. The molecule has 1 aromatic rings. The molecule has 0 spiro atoms. The van der Waals surface area contributed by atoms with Gasteiger partial charge in [-0.1, -0.05) is 6.07 Å². The average molecular weight is 544 g/mol. The third kappa shape index (κ3) is 8.96. The Hall–Kier alpha value is -0.450. The minimum atomic E-state index is -0.260. The molecule has 5 nitrogen and oxygen atoms in total. The zero-order valence-electron chi connectivity index (χ0n) is 15.1. The summed E-state index contributed by atoms with van der Waals surface area (Å²) in [6.07, 6.45) is 3.12. The standard InChI is InChI=1S/C18H27BrFN3O2.HI/c1-21-18(23-12-15-3-4-16(19)17(20)11-15)22-7-2-8-25-13-14-5-9-24-10-6-14;/h3-4,11,14H,2,5-10,12-13H2,1H3,(H2,21,22,23);1H. The second kappa shape index (κ2) is 13.7. The number of hydrogen-bond donors (Lipinski definition) is 2. The number of aliphatic imine (C=N–C) groups is 1. The van der Waals surface area contributed by atoms with Gasteiger partial charge in [0, 0.05) is 46.6 Å². The summed E-state index contributed by atoms with van der Waals surface area (Å²) in [5, 5.41) is 6.42. The van der Waals surface area contributed by atoms with Crippen molar-refractivity contribution in [2.75, 3.05) is 40.0 Å². The van der Waals surface area contributed by atoms with Crippen LogP contribution in [0.5, 0.6) is 0 Å². The highest BCUT2D eigenvalue weighted by atomic mass is 127. The van der Waals surface area contributed by atoms with Gasteiger partial charge in [-0.25, -0.2) is 4.39 Å². The second-order valence-corrected chi connectivity index (χ2v) is 6.94. The summed E-state index contributed by atoms with van der Waals surface area (Å²) in [6, 6.07) is 5.09. The summed E-state index contributed by atoms with van der Waals surface area (Å²) in [4.78, 5) is 4.17. The van der Waals surface area contributed by atoms with Gasteiger partial charge in [-0.2, -0.15) is 0 Å². The van der Waals surface area contributed by atoms with Gasteiger partial charge < -0.3 is 20.1 Å². The van der Waals surface area contributed by atoms with Crippen molar-refractivity contribution in [2.24, 2.45) is 10.9 Å². The molecule has 26 heavy (non-hydrogen) atoms. The maximum absolute atomic E-state index is 13.5. The largest absolute Gasteiger partial charge is 0.381 e. The van der Waals surface area contributed by atoms with Crippen LogP contribution in [0.15, 0.2) is 27.7 Å². The number of nitrogens with zero attached hydrogens (tertiary/aromatic N) is 1. The van der Waals surface area contributed by atoms with Gasteiger partial charge in [-0.05, 0) is 58.8 Å². The SMILES string of the molecule is CN=C(NCCCOCC1CCOCC1)NCc1ccc(Br)c(F)c1.I. The molecule has 0 saturated carbocycles. The summed E-state index contributed by atoms with van der Waals surface area (Å²) in [7, 11) is 1.72. The van der Waals surface area contributed by atoms with E-state index < -0.39 is 0 Å². The summed E-state index contributed by atoms with van der Waals surface area (Å²) in [5.74, 6) is 1.08. The van der Waals surface area contributed by atoms with Gasteiger partial charge in [0.25, 0.3) is 0 Å². The molecule has 0 atom stereocenters. The van der Waals surface area contributed by atoms with Crippen molar-refractivity contribution < 1.29 is 13.9 Å². The van der Waals surface area contributed by atoms with E-state index in [2.05, 4.69) is 31.6 Å². The van der Waals surface area contributed by atoms with Gasteiger partial charge in [0.15, 0.2) is 5.96 Å². The molecular formula is C18H28BrFIN3O2. The highest BCUT2D eigenvalue weighted by Crippen LogP contribution is 2.16. The maximum atomic E-state index is 13.5. The van der Waals surface area contributed by atoms with E-state index >= 15 is 0 Å². The lowest BCUT2D eigenvalue weighted by Crippen LogP contribution is -2.37. The molecule has 0 unspecified atom stereocenters. The molecule has 0 radical (unpaired) electrons. The number of halogens is 3. The minimum Gasteiger partial charge on any atom is -0.381 e. The van der Waals surface area contributed by atoms with Crippen LogP contribution in [0.25, 0.3) is 0 Å². The van der Waals surface area contributed by atoms with E-state index in [1.807, 2.05) is 6.07 Å². The molecule has 1 aromatic carbocycles. The lowest BCUT2D eigenvalue weighted by atomic mass is 10.0. The number of guanidine groups is 1. The van der Waals surface area contributed by atoms with Gasteiger partial charge >= 0.3 is 0 Å². The maximum Gasteiger partial charge on any atom is 0.191 e. The quantitative estimate of drug-likeness (QED) is 0.227. The summed E-state index contributed by atoms with van der Waals surface area (Å²) in [6.45, 7) is 4.58. The van der Waals surface area contributed by atoms with E-state index in [9.17, 15) is 4.39 Å². The first-order valence-corrected chi connectivity index (χ1v) is 9.52. The van der Waals surface area contributed by atoms with Crippen molar-refractivity contribution in [3.8, 4) is 0 Å². The van der Waals surface area contributed by atoms with Gasteiger partial charge in [0.1, 0.15) is 5.82 Å². The lowest BCUT2D eigenvalue weighted by molar-refractivity contribution is 0.0203. The Balaban J connectivity index is 0.00000338. The molecule has 2 rings (SSSR count). The van der Waals surface area contributed by atoms with Crippen molar-refractivity contribution in [1.29, 1.82) is 0 Å². The van der Waals surface area contributed by atoms with Crippen LogP contribution < -0.4 is 10.6 Å². The third-order valence-electron chi connectivity index (χ3n) is 4.12. The zero-order chi connectivity index (χ0) is 17.9. The molecule has 1 fully saturated rings. The van der Waals surface area contributed by atoms with Crippen molar-refractivity contribution in [3.63, 3.8) is 0 Å². The fraction of sp³-hybridized carbons (Fsp3) is 0.611. The minimum absolute atomic E-state index is 0. The van der Waals surface area contributed by atoms with E-state index in [-0.39, 0.29) is 29.8 Å². The normalized spacial score (nSPS) is 15.4. The van der Waals surface area contributed by atoms with Gasteiger partial charge in [0.2, 0.25) is 0 Å². The van der Waals surface area contributed by atoms with Crippen LogP contribution in [0.2, 0.25) is 0 Å². The summed E-state index contributed by atoms with van der Waals surface area (Å²) < 4.78 is 25.1. The Kier molecular flexibility index (Phi) is 12.4. The predicted octanol–water partition coefficient (Wildman–Crippen LogP) is 3.70. The zero-order valence-corrected chi connectivity index (χ0v) is 19.0. The van der Waals surface area contributed by atoms with Crippen molar-refractivity contribution >= 4 is 45.9 Å². The molecular weight excluding hydrogens is 516 g/mol. The molecule has 1 aliphatic heterocycles. The Bertz CT molecular complexity index is 557. The molecule has 1 saturated heterocycles. The Labute approximate surface area is 180 Å². The predicted molar refractivity (Wildman–Crippen MR) is 117 cm³/mol. The highest BCUT2D eigenvalue weighted by Gasteiger charge is 2.13. The Morgan fingerprint density at radius 2 is 2.12 bits per heavy atom. The van der Waals surface area contributed by atoms with Crippen LogP contribution >= 0.6 is 39.9 Å². The first kappa shape index (κ1) is 23.6. The Morgan fingerprint density at radius 3 is 2.81 bits per heavy atom. The smallest absolute Gasteiger partial charge is 0.191 e. The lowest BCUT2D eigenvalue weighted by Gasteiger charge is -2.21. The molecule has 1 aliphatic rings. The number of ether oxygens (including phenoxy) is 2. The fourth-order valence-electron chi connectivity index (χ4n) is 2.60. The van der Waals surface area contributed by atoms with Crippen LogP contribution in [0.4, 0.5) is 4.39 Å². The fourth-order valence-corrected chi connectivity index (χ4v) is 2.85. The monoisotopic (exact) mass is 543 g/mol. The van der Waals surface area contributed by atoms with E-state index in [1.165, 1.54) is 6.07 Å². The summed E-state index contributed by atoms with van der Waals surface area (Å²) in [5.41, 5.74) is 0.864. The van der Waals surface area contributed by atoms with E-state index in [1.54, 1.807) is 13.1 Å². The van der Waals surface area contributed by atoms with Crippen LogP contribution in [-0.4, -0.2) is 46.0 Å². The number of hydrogen-bond acceptors (Lipinski definition) is 3. The molecule has 2 N–H and O–H groups in total. The molecule has 0 aliphatic carbocycles. The molecule has 0 aromatic heterocycles. The van der Waals surface area contributed by atoms with Crippen molar-refractivity contribution in [3.05, 3.63) is 34.1 Å². The van der Waals surface area contributed by atoms with Crippen molar-refractivity contribution in [2.45, 2.75) is 25.8 Å². The third-order valence-corrected chi connectivity index (χ3v) is 4.76. The Morgan fingerprint density at radius 1 is 1.35 bits per heavy atom. The molecule has 0 amide bonds. The molecule has 8 heteroatoms. The summed E-state index contributed by atoms with van der Waals surface area (Å²) >= 11 is 3.15. The van der Waals surface area contributed by atoms with Gasteiger partial charge in [-0.3, -0.25) is 4.99 Å². The van der Waals surface area contributed by atoms with Crippen LogP contribution in [0.1, 0.15) is 24.8 Å².